The second kappa shape index (κ2) is 5.72. The zero-order valence-corrected chi connectivity index (χ0v) is 9.94. The third-order valence-corrected chi connectivity index (χ3v) is 3.00. The van der Waals surface area contributed by atoms with Gasteiger partial charge in [0.2, 0.25) is 5.91 Å². The summed E-state index contributed by atoms with van der Waals surface area (Å²) >= 11 is 0. The number of H-pyrrole nitrogens is 1. The third kappa shape index (κ3) is 3.00. The quantitative estimate of drug-likeness (QED) is 0.658. The van der Waals surface area contributed by atoms with E-state index in [1.165, 1.54) is 0 Å². The maximum atomic E-state index is 12.0. The molecule has 2 heterocycles. The maximum absolute atomic E-state index is 12.0. The number of carbonyl (C=O) groups is 1. The Kier molecular flexibility index (Phi) is 4.03. The molecular weight excluding hydrogens is 220 g/mol. The van der Waals surface area contributed by atoms with Crippen molar-refractivity contribution < 1.29 is 4.79 Å². The molecule has 1 aliphatic heterocycles. The van der Waals surface area contributed by atoms with Crippen molar-refractivity contribution in [2.45, 2.75) is 32.2 Å². The number of aromatic amines is 1. The summed E-state index contributed by atoms with van der Waals surface area (Å²) < 4.78 is 0. The van der Waals surface area contributed by atoms with E-state index in [0.717, 1.165) is 32.4 Å². The van der Waals surface area contributed by atoms with Crippen molar-refractivity contribution in [3.8, 4) is 0 Å². The van der Waals surface area contributed by atoms with Gasteiger partial charge in [0.25, 0.3) is 0 Å². The predicted molar refractivity (Wildman–Crippen MR) is 60.9 cm³/mol. The van der Waals surface area contributed by atoms with Gasteiger partial charge < -0.3 is 10.6 Å². The van der Waals surface area contributed by atoms with Gasteiger partial charge in [0.05, 0.1) is 12.0 Å². The minimum Gasteiger partial charge on any atom is -0.346 e. The Hall–Kier alpha value is -1.50. The van der Waals surface area contributed by atoms with Crippen LogP contribution in [0.15, 0.2) is 0 Å². The number of hydrogen-bond acceptors (Lipinski definition) is 5. The number of rotatable bonds is 5. The van der Waals surface area contributed by atoms with E-state index in [9.17, 15) is 4.79 Å². The lowest BCUT2D eigenvalue weighted by molar-refractivity contribution is -0.125. The number of tetrazole rings is 1. The van der Waals surface area contributed by atoms with Crippen molar-refractivity contribution in [3.63, 3.8) is 0 Å². The van der Waals surface area contributed by atoms with Crippen LogP contribution in [0, 0.1) is 5.92 Å². The van der Waals surface area contributed by atoms with Gasteiger partial charge in [0.15, 0.2) is 5.82 Å². The average molecular weight is 238 g/mol. The van der Waals surface area contributed by atoms with Gasteiger partial charge in [-0.25, -0.2) is 0 Å². The highest BCUT2D eigenvalue weighted by atomic mass is 16.2. The Morgan fingerprint density at radius 3 is 3.12 bits per heavy atom. The highest BCUT2D eigenvalue weighted by Gasteiger charge is 2.26. The van der Waals surface area contributed by atoms with Gasteiger partial charge in [-0.05, 0) is 19.4 Å². The molecule has 0 bridgehead atoms. The largest absolute Gasteiger partial charge is 0.346 e. The Bertz CT molecular complexity index is 346. The summed E-state index contributed by atoms with van der Waals surface area (Å²) in [6.45, 7) is 3.74. The molecule has 0 saturated carbocycles. The minimum atomic E-state index is -0.133. The number of nitrogens with zero attached hydrogens (tertiary/aromatic N) is 3. The standard InChI is InChI=1S/C10H18N6O/c1-2-3-8(9-13-15-16-14-9)12-10(17)7-4-5-11-6-7/h7-8,11H,2-6H2,1H3,(H,12,17)(H,13,14,15,16). The number of aromatic nitrogens is 4. The molecule has 7 nitrogen and oxygen atoms in total. The molecule has 1 aliphatic rings. The maximum Gasteiger partial charge on any atom is 0.225 e. The van der Waals surface area contributed by atoms with Gasteiger partial charge in [-0.15, -0.1) is 10.2 Å². The van der Waals surface area contributed by atoms with Gasteiger partial charge in [0, 0.05) is 6.54 Å². The Labute approximate surface area is 99.7 Å². The zero-order chi connectivity index (χ0) is 12.1. The van der Waals surface area contributed by atoms with E-state index in [4.69, 9.17) is 0 Å². The van der Waals surface area contributed by atoms with Crippen LogP contribution in [0.1, 0.15) is 38.1 Å². The molecule has 2 atom stereocenters. The first-order chi connectivity index (χ1) is 8.31. The number of nitrogens with one attached hydrogen (secondary N) is 3. The summed E-state index contributed by atoms with van der Waals surface area (Å²) in [5.41, 5.74) is 0. The molecule has 0 aromatic carbocycles. The summed E-state index contributed by atoms with van der Waals surface area (Å²) in [4.78, 5) is 12.0. The van der Waals surface area contributed by atoms with Crippen LogP contribution >= 0.6 is 0 Å². The number of hydrogen-bond donors (Lipinski definition) is 3. The smallest absolute Gasteiger partial charge is 0.225 e. The third-order valence-electron chi connectivity index (χ3n) is 3.00. The van der Waals surface area contributed by atoms with Crippen molar-refractivity contribution in [1.82, 2.24) is 31.3 Å². The highest BCUT2D eigenvalue weighted by Crippen LogP contribution is 2.15. The second-order valence-electron chi connectivity index (χ2n) is 4.31. The monoisotopic (exact) mass is 238 g/mol. The van der Waals surface area contributed by atoms with Crippen LogP contribution in [-0.4, -0.2) is 39.6 Å². The topological polar surface area (TPSA) is 95.6 Å². The lowest BCUT2D eigenvalue weighted by Gasteiger charge is -2.17. The van der Waals surface area contributed by atoms with Crippen molar-refractivity contribution in [2.75, 3.05) is 13.1 Å². The van der Waals surface area contributed by atoms with Crippen LogP contribution in [0.3, 0.4) is 0 Å². The number of amides is 1. The summed E-state index contributed by atoms with van der Waals surface area (Å²) in [6.07, 6.45) is 2.69. The molecular formula is C10H18N6O. The Balaban J connectivity index is 1.95. The summed E-state index contributed by atoms with van der Waals surface area (Å²) in [7, 11) is 0. The Morgan fingerprint density at radius 2 is 2.53 bits per heavy atom. The molecule has 1 saturated heterocycles. The van der Waals surface area contributed by atoms with E-state index in [0.29, 0.717) is 5.82 Å². The van der Waals surface area contributed by atoms with Gasteiger partial charge in [0.1, 0.15) is 0 Å². The van der Waals surface area contributed by atoms with Crippen LogP contribution in [0.25, 0.3) is 0 Å². The van der Waals surface area contributed by atoms with E-state index in [2.05, 4.69) is 38.2 Å². The molecule has 1 aromatic heterocycles. The number of carbonyl (C=O) groups excluding carboxylic acids is 1. The fourth-order valence-electron chi connectivity index (χ4n) is 2.04. The van der Waals surface area contributed by atoms with Gasteiger partial charge in [-0.3, -0.25) is 4.79 Å². The molecule has 7 heteroatoms. The summed E-state index contributed by atoms with van der Waals surface area (Å²) in [5.74, 6) is 0.714. The Morgan fingerprint density at radius 1 is 1.65 bits per heavy atom. The highest BCUT2D eigenvalue weighted by molar-refractivity contribution is 5.79. The van der Waals surface area contributed by atoms with Crippen LogP contribution < -0.4 is 10.6 Å². The van der Waals surface area contributed by atoms with E-state index < -0.39 is 0 Å². The predicted octanol–water partition coefficient (Wildman–Crippen LogP) is -0.233. The van der Waals surface area contributed by atoms with Gasteiger partial charge in [-0.2, -0.15) is 5.21 Å². The van der Waals surface area contributed by atoms with Crippen LogP contribution in [-0.2, 0) is 4.79 Å². The SMILES string of the molecule is CCCC(NC(=O)C1CCNC1)c1nn[nH]n1. The second-order valence-corrected chi connectivity index (χ2v) is 4.31. The molecule has 3 N–H and O–H groups in total. The summed E-state index contributed by atoms with van der Waals surface area (Å²) in [6, 6.07) is -0.133. The zero-order valence-electron chi connectivity index (χ0n) is 9.94. The van der Waals surface area contributed by atoms with E-state index in [1.54, 1.807) is 0 Å². The fourth-order valence-corrected chi connectivity index (χ4v) is 2.04. The molecule has 0 aliphatic carbocycles. The first kappa shape index (κ1) is 12.0. The van der Waals surface area contributed by atoms with Crippen LogP contribution in [0.4, 0.5) is 0 Å². The molecule has 94 valence electrons. The van der Waals surface area contributed by atoms with Gasteiger partial charge >= 0.3 is 0 Å². The molecule has 0 spiro atoms. The molecule has 1 fully saturated rings. The lowest BCUT2D eigenvalue weighted by atomic mass is 10.1. The normalized spacial score (nSPS) is 21.4. The summed E-state index contributed by atoms with van der Waals surface area (Å²) in [5, 5.41) is 20.0. The van der Waals surface area contributed by atoms with Crippen molar-refractivity contribution in [3.05, 3.63) is 5.82 Å². The van der Waals surface area contributed by atoms with E-state index >= 15 is 0 Å². The molecule has 17 heavy (non-hydrogen) atoms. The molecule has 2 unspecified atom stereocenters. The first-order valence-corrected chi connectivity index (χ1v) is 6.05. The van der Waals surface area contributed by atoms with E-state index in [1.807, 2.05) is 0 Å². The lowest BCUT2D eigenvalue weighted by Crippen LogP contribution is -2.35. The molecule has 1 amide bonds. The molecule has 1 aromatic rings. The van der Waals surface area contributed by atoms with Crippen molar-refractivity contribution in [2.24, 2.45) is 5.92 Å². The molecule has 2 rings (SSSR count). The average Bonchev–Trinajstić information content (AvgIpc) is 3.01. The first-order valence-electron chi connectivity index (χ1n) is 6.05. The van der Waals surface area contributed by atoms with Crippen molar-refractivity contribution in [1.29, 1.82) is 0 Å². The molecule has 0 radical (unpaired) electrons. The fraction of sp³-hybridized carbons (Fsp3) is 0.800. The van der Waals surface area contributed by atoms with Crippen LogP contribution in [0.5, 0.6) is 0 Å². The minimum absolute atomic E-state index is 0.0706. The van der Waals surface area contributed by atoms with E-state index in [-0.39, 0.29) is 17.9 Å². The van der Waals surface area contributed by atoms with Crippen LogP contribution in [0.2, 0.25) is 0 Å². The van der Waals surface area contributed by atoms with Crippen molar-refractivity contribution >= 4 is 5.91 Å². The van der Waals surface area contributed by atoms with Gasteiger partial charge in [-0.1, -0.05) is 18.6 Å².